The fourth-order valence-corrected chi connectivity index (χ4v) is 4.09. The molecule has 2 aromatic carbocycles. The van der Waals surface area contributed by atoms with E-state index in [0.29, 0.717) is 27.3 Å². The van der Waals surface area contributed by atoms with E-state index < -0.39 is 5.82 Å². The average molecular weight is 461 g/mol. The molecule has 0 fully saturated rings. The minimum Gasteiger partial charge on any atom is -0.345 e. The van der Waals surface area contributed by atoms with E-state index in [9.17, 15) is 18.8 Å². The minimum atomic E-state index is -0.411. The van der Waals surface area contributed by atoms with Crippen molar-refractivity contribution < 1.29 is 18.8 Å². The van der Waals surface area contributed by atoms with Crippen molar-refractivity contribution in [1.82, 2.24) is 5.32 Å². The second kappa shape index (κ2) is 9.75. The second-order valence-corrected chi connectivity index (χ2v) is 8.63. The predicted molar refractivity (Wildman–Crippen MR) is 127 cm³/mol. The second-order valence-electron chi connectivity index (χ2n) is 7.68. The molecule has 4 rings (SSSR count). The highest BCUT2D eigenvalue weighted by molar-refractivity contribution is 7.12. The Bertz CT molecular complexity index is 1230. The van der Waals surface area contributed by atoms with Crippen LogP contribution in [0.15, 0.2) is 89.8 Å². The van der Waals surface area contributed by atoms with Crippen molar-refractivity contribution in [3.63, 3.8) is 0 Å². The van der Waals surface area contributed by atoms with Gasteiger partial charge in [0.25, 0.3) is 11.8 Å². The van der Waals surface area contributed by atoms with Gasteiger partial charge in [0, 0.05) is 22.4 Å². The molecule has 33 heavy (non-hydrogen) atoms. The lowest BCUT2D eigenvalue weighted by Gasteiger charge is -2.23. The molecular weight excluding hydrogens is 439 g/mol. The maximum atomic E-state index is 13.0. The summed E-state index contributed by atoms with van der Waals surface area (Å²) < 4.78 is 13.0. The van der Waals surface area contributed by atoms with Gasteiger partial charge in [-0.25, -0.2) is 4.39 Å². The number of allylic oxidation sites excluding steroid dienone is 2. The van der Waals surface area contributed by atoms with E-state index in [1.54, 1.807) is 36.4 Å². The molecule has 166 valence electrons. The van der Waals surface area contributed by atoms with Crippen LogP contribution >= 0.6 is 11.3 Å². The molecule has 1 aromatic heterocycles. The van der Waals surface area contributed by atoms with Gasteiger partial charge in [-0.2, -0.15) is 0 Å². The van der Waals surface area contributed by atoms with Crippen LogP contribution in [-0.2, 0) is 0 Å². The molecule has 1 heterocycles. The number of Topliss-reactive ketones (excluding diaryl/α,β-unsaturated/α-hetero) is 1. The summed E-state index contributed by atoms with van der Waals surface area (Å²) in [7, 11) is 0. The number of hydrogen-bond acceptors (Lipinski definition) is 4. The highest BCUT2D eigenvalue weighted by Crippen LogP contribution is 2.22. The van der Waals surface area contributed by atoms with Crippen molar-refractivity contribution in [1.29, 1.82) is 0 Å². The summed E-state index contributed by atoms with van der Waals surface area (Å²) >= 11 is 1.38. The van der Waals surface area contributed by atoms with Gasteiger partial charge < -0.3 is 10.6 Å². The summed E-state index contributed by atoms with van der Waals surface area (Å²) in [6.45, 7) is 1.95. The molecule has 2 amide bonds. The zero-order chi connectivity index (χ0) is 23.4. The lowest BCUT2D eigenvalue weighted by Crippen LogP contribution is -2.38. The molecule has 0 spiro atoms. The van der Waals surface area contributed by atoms with Crippen LogP contribution in [0, 0.1) is 11.7 Å². The van der Waals surface area contributed by atoms with E-state index in [1.165, 1.54) is 35.6 Å². The molecule has 2 unspecified atom stereocenters. The normalized spacial score (nSPS) is 17.2. The van der Waals surface area contributed by atoms with Gasteiger partial charge in [0.05, 0.1) is 10.9 Å². The first-order chi connectivity index (χ1) is 15.9. The Hall–Kier alpha value is -3.84. The third-order valence-corrected chi connectivity index (χ3v) is 6.18. The van der Waals surface area contributed by atoms with Gasteiger partial charge in [0.15, 0.2) is 5.78 Å². The molecule has 7 heteroatoms. The van der Waals surface area contributed by atoms with E-state index in [-0.39, 0.29) is 29.6 Å². The van der Waals surface area contributed by atoms with E-state index in [0.717, 1.165) is 0 Å². The summed E-state index contributed by atoms with van der Waals surface area (Å²) in [5.74, 6) is -1.10. The first kappa shape index (κ1) is 22.4. The number of nitrogens with one attached hydrogen (secondary N) is 2. The first-order valence-electron chi connectivity index (χ1n) is 10.4. The maximum Gasteiger partial charge on any atom is 0.261 e. The van der Waals surface area contributed by atoms with Crippen LogP contribution in [0.1, 0.15) is 37.3 Å². The van der Waals surface area contributed by atoms with Crippen molar-refractivity contribution in [2.45, 2.75) is 13.0 Å². The smallest absolute Gasteiger partial charge is 0.261 e. The lowest BCUT2D eigenvalue weighted by atomic mass is 9.89. The number of rotatable bonds is 6. The standard InChI is InChI=1S/C26H21FN2O3S/c1-16-15-19(8-13-22(16)29-26(32)23-3-2-14-33-23)24(30)17-6-11-21(12-7-17)28-25(31)18-4-9-20(27)10-5-18/h2-16,22H,1H3,(H,28,31)(H,29,32). The molecule has 0 saturated heterocycles. The lowest BCUT2D eigenvalue weighted by molar-refractivity contribution is 0.0941. The van der Waals surface area contributed by atoms with E-state index in [1.807, 2.05) is 30.5 Å². The number of benzene rings is 2. The molecule has 1 aliphatic rings. The van der Waals surface area contributed by atoms with Gasteiger partial charge in [-0.15, -0.1) is 11.3 Å². The molecular formula is C26H21FN2O3S. The van der Waals surface area contributed by atoms with Gasteiger partial charge in [-0.1, -0.05) is 31.2 Å². The Kier molecular flexibility index (Phi) is 6.60. The average Bonchev–Trinajstić information content (AvgIpc) is 3.36. The van der Waals surface area contributed by atoms with E-state index >= 15 is 0 Å². The van der Waals surface area contributed by atoms with Gasteiger partial charge in [0.1, 0.15) is 5.82 Å². The highest BCUT2D eigenvalue weighted by Gasteiger charge is 2.23. The number of anilines is 1. The number of carbonyl (C=O) groups is 3. The van der Waals surface area contributed by atoms with Crippen molar-refractivity contribution in [2.75, 3.05) is 5.32 Å². The molecule has 2 N–H and O–H groups in total. The molecule has 0 saturated carbocycles. The van der Waals surface area contributed by atoms with Crippen LogP contribution in [0.5, 0.6) is 0 Å². The first-order valence-corrected chi connectivity index (χ1v) is 11.2. The Morgan fingerprint density at radius 2 is 1.61 bits per heavy atom. The van der Waals surface area contributed by atoms with Crippen molar-refractivity contribution in [2.24, 2.45) is 5.92 Å². The molecule has 0 radical (unpaired) electrons. The molecule has 3 aromatic rings. The van der Waals surface area contributed by atoms with Crippen molar-refractivity contribution in [3.8, 4) is 0 Å². The van der Waals surface area contributed by atoms with Crippen LogP contribution in [-0.4, -0.2) is 23.6 Å². The Morgan fingerprint density at radius 3 is 2.24 bits per heavy atom. The quantitative estimate of drug-likeness (QED) is 0.493. The van der Waals surface area contributed by atoms with Crippen molar-refractivity contribution in [3.05, 3.63) is 112 Å². The number of amides is 2. The summed E-state index contributed by atoms with van der Waals surface area (Å²) in [6, 6.07) is 15.2. The topological polar surface area (TPSA) is 75.3 Å². The molecule has 1 aliphatic carbocycles. The minimum absolute atomic E-state index is 0.0490. The molecule has 0 bridgehead atoms. The fraction of sp³-hybridized carbons (Fsp3) is 0.115. The van der Waals surface area contributed by atoms with Crippen LogP contribution in [0.3, 0.4) is 0 Å². The fourth-order valence-electron chi connectivity index (χ4n) is 3.46. The summed E-state index contributed by atoms with van der Waals surface area (Å²) in [5.41, 5.74) is 1.90. The van der Waals surface area contributed by atoms with Gasteiger partial charge in [-0.05, 0) is 65.9 Å². The molecule has 0 aliphatic heterocycles. The van der Waals surface area contributed by atoms with Gasteiger partial charge >= 0.3 is 0 Å². The van der Waals surface area contributed by atoms with Gasteiger partial charge in [0.2, 0.25) is 0 Å². The Morgan fingerprint density at radius 1 is 0.909 bits per heavy atom. The number of ketones is 1. The predicted octanol–water partition coefficient (Wildman–Crippen LogP) is 5.25. The number of hydrogen-bond donors (Lipinski definition) is 2. The molecule has 2 atom stereocenters. The molecule has 5 nitrogen and oxygen atoms in total. The van der Waals surface area contributed by atoms with E-state index in [4.69, 9.17) is 0 Å². The van der Waals surface area contributed by atoms with Gasteiger partial charge in [-0.3, -0.25) is 14.4 Å². The summed E-state index contributed by atoms with van der Waals surface area (Å²) in [4.78, 5) is 38.1. The number of carbonyl (C=O) groups excluding carboxylic acids is 3. The Balaban J connectivity index is 1.38. The highest BCUT2D eigenvalue weighted by atomic mass is 32.1. The summed E-state index contributed by atoms with van der Waals surface area (Å²) in [6.07, 6.45) is 5.42. The SMILES string of the molecule is CC1C=C(C(=O)c2ccc(NC(=O)c3ccc(F)cc3)cc2)C=CC1NC(=O)c1cccs1. The monoisotopic (exact) mass is 460 g/mol. The summed E-state index contributed by atoms with van der Waals surface area (Å²) in [5, 5.41) is 7.56. The van der Waals surface area contributed by atoms with E-state index in [2.05, 4.69) is 10.6 Å². The van der Waals surface area contributed by atoms with Crippen molar-refractivity contribution >= 4 is 34.6 Å². The largest absolute Gasteiger partial charge is 0.345 e. The third kappa shape index (κ3) is 5.32. The van der Waals surface area contributed by atoms with Crippen LogP contribution in [0.25, 0.3) is 0 Å². The zero-order valence-corrected chi connectivity index (χ0v) is 18.6. The Labute approximate surface area is 194 Å². The zero-order valence-electron chi connectivity index (χ0n) is 17.7. The maximum absolute atomic E-state index is 13.0. The third-order valence-electron chi connectivity index (χ3n) is 5.31. The van der Waals surface area contributed by atoms with Crippen LogP contribution in [0.4, 0.5) is 10.1 Å². The van der Waals surface area contributed by atoms with Crippen LogP contribution < -0.4 is 10.6 Å². The van der Waals surface area contributed by atoms with Crippen LogP contribution in [0.2, 0.25) is 0 Å². The number of thiophene rings is 1. The number of halogens is 1.